The van der Waals surface area contributed by atoms with E-state index < -0.39 is 0 Å². The van der Waals surface area contributed by atoms with Gasteiger partial charge in [0.1, 0.15) is 5.82 Å². The minimum absolute atomic E-state index is 0.913. The summed E-state index contributed by atoms with van der Waals surface area (Å²) >= 11 is 0. The van der Waals surface area contributed by atoms with E-state index in [1.165, 1.54) is 22.1 Å². The van der Waals surface area contributed by atoms with Crippen molar-refractivity contribution in [3.8, 4) is 0 Å². The average Bonchev–Trinajstić information content (AvgIpc) is 2.34. The van der Waals surface area contributed by atoms with Crippen LogP contribution in [0.15, 0.2) is 18.2 Å². The van der Waals surface area contributed by atoms with E-state index in [0.717, 1.165) is 24.3 Å². The van der Waals surface area contributed by atoms with Crippen LogP contribution in [0.5, 0.6) is 0 Å². The van der Waals surface area contributed by atoms with Crippen LogP contribution in [-0.2, 0) is 6.42 Å². The largest absolute Gasteiger partial charge is 0.370 e. The summed E-state index contributed by atoms with van der Waals surface area (Å²) in [4.78, 5) is 4.78. The molecular weight excluding hydrogens is 208 g/mol. The van der Waals surface area contributed by atoms with Gasteiger partial charge in [-0.25, -0.2) is 4.98 Å². The summed E-state index contributed by atoms with van der Waals surface area (Å²) in [5, 5.41) is 4.60. The Balaban J connectivity index is 2.70. The molecule has 1 aromatic heterocycles. The van der Waals surface area contributed by atoms with Crippen molar-refractivity contribution in [2.75, 3.05) is 11.9 Å². The summed E-state index contributed by atoms with van der Waals surface area (Å²) in [6, 6.07) is 6.60. The third kappa shape index (κ3) is 2.12. The zero-order valence-electron chi connectivity index (χ0n) is 11.1. The summed E-state index contributed by atoms with van der Waals surface area (Å²) < 4.78 is 0. The Morgan fingerprint density at radius 3 is 2.59 bits per heavy atom. The number of aryl methyl sites for hydroxylation is 3. The fourth-order valence-corrected chi connectivity index (χ4v) is 2.12. The van der Waals surface area contributed by atoms with E-state index in [1.807, 2.05) is 0 Å². The van der Waals surface area contributed by atoms with Crippen LogP contribution in [0.25, 0.3) is 10.9 Å². The zero-order chi connectivity index (χ0) is 12.4. The molecule has 2 nitrogen and oxygen atoms in total. The number of nitrogens with zero attached hydrogens (tertiary/aromatic N) is 1. The van der Waals surface area contributed by atoms with E-state index in [-0.39, 0.29) is 0 Å². The van der Waals surface area contributed by atoms with Crippen molar-refractivity contribution in [3.05, 3.63) is 34.9 Å². The topological polar surface area (TPSA) is 24.9 Å². The van der Waals surface area contributed by atoms with Gasteiger partial charge < -0.3 is 5.32 Å². The summed E-state index contributed by atoms with van der Waals surface area (Å²) in [7, 11) is 0. The first-order valence-electron chi connectivity index (χ1n) is 6.31. The second kappa shape index (κ2) is 4.74. The lowest BCUT2D eigenvalue weighted by atomic mass is 10.0. The highest BCUT2D eigenvalue weighted by molar-refractivity contribution is 5.85. The first-order valence-corrected chi connectivity index (χ1v) is 6.31. The van der Waals surface area contributed by atoms with Crippen LogP contribution < -0.4 is 5.32 Å². The normalized spacial score (nSPS) is 10.8. The Bertz CT molecular complexity index is 544. The molecule has 0 aliphatic heterocycles. The van der Waals surface area contributed by atoms with Gasteiger partial charge in [0.25, 0.3) is 0 Å². The third-order valence-electron chi connectivity index (χ3n) is 3.32. The molecule has 0 radical (unpaired) electrons. The molecule has 90 valence electrons. The summed E-state index contributed by atoms with van der Waals surface area (Å²) in [5.41, 5.74) is 5.00. The molecule has 0 saturated carbocycles. The van der Waals surface area contributed by atoms with Gasteiger partial charge in [-0.05, 0) is 49.9 Å². The molecule has 0 unspecified atom stereocenters. The Hall–Kier alpha value is -1.57. The van der Waals surface area contributed by atoms with Gasteiger partial charge in [0.15, 0.2) is 0 Å². The Morgan fingerprint density at radius 2 is 1.94 bits per heavy atom. The second-order valence-electron chi connectivity index (χ2n) is 4.46. The average molecular weight is 228 g/mol. The number of hydrogen-bond acceptors (Lipinski definition) is 2. The number of rotatable bonds is 3. The SMILES string of the molecule is CCNc1nc2c(C)c(C)ccc2cc1CC. The molecule has 2 rings (SSSR count). The van der Waals surface area contributed by atoms with Crippen LogP contribution in [-0.4, -0.2) is 11.5 Å². The van der Waals surface area contributed by atoms with Gasteiger partial charge in [0.2, 0.25) is 0 Å². The van der Waals surface area contributed by atoms with Crippen LogP contribution in [0.1, 0.15) is 30.5 Å². The van der Waals surface area contributed by atoms with E-state index in [2.05, 4.69) is 51.2 Å². The fraction of sp³-hybridized carbons (Fsp3) is 0.400. The molecule has 0 bridgehead atoms. The highest BCUT2D eigenvalue weighted by Gasteiger charge is 2.07. The molecular formula is C15H20N2. The van der Waals surface area contributed by atoms with Crippen molar-refractivity contribution in [1.29, 1.82) is 0 Å². The Morgan fingerprint density at radius 1 is 1.18 bits per heavy atom. The van der Waals surface area contributed by atoms with Gasteiger partial charge >= 0.3 is 0 Å². The van der Waals surface area contributed by atoms with E-state index in [0.29, 0.717) is 0 Å². The van der Waals surface area contributed by atoms with Crippen molar-refractivity contribution in [3.63, 3.8) is 0 Å². The molecule has 0 aliphatic carbocycles. The Labute approximate surface area is 103 Å². The predicted octanol–water partition coefficient (Wildman–Crippen LogP) is 3.85. The highest BCUT2D eigenvalue weighted by atomic mass is 15.0. The summed E-state index contributed by atoms with van der Waals surface area (Å²) in [6.45, 7) is 9.47. The molecule has 0 atom stereocenters. The standard InChI is InChI=1S/C15H20N2/c1-5-12-9-13-8-7-10(3)11(4)14(13)17-15(12)16-6-2/h7-9H,5-6H2,1-4H3,(H,16,17). The molecule has 0 spiro atoms. The van der Waals surface area contributed by atoms with Crippen molar-refractivity contribution in [2.24, 2.45) is 0 Å². The molecule has 2 aromatic rings. The van der Waals surface area contributed by atoms with Gasteiger partial charge in [-0.15, -0.1) is 0 Å². The molecule has 17 heavy (non-hydrogen) atoms. The van der Waals surface area contributed by atoms with Gasteiger partial charge in [-0.3, -0.25) is 0 Å². The lowest BCUT2D eigenvalue weighted by Crippen LogP contribution is -2.04. The van der Waals surface area contributed by atoms with Crippen molar-refractivity contribution in [1.82, 2.24) is 4.98 Å². The van der Waals surface area contributed by atoms with Crippen molar-refractivity contribution in [2.45, 2.75) is 34.1 Å². The second-order valence-corrected chi connectivity index (χ2v) is 4.46. The first kappa shape index (κ1) is 11.9. The van der Waals surface area contributed by atoms with Gasteiger partial charge in [0, 0.05) is 11.9 Å². The highest BCUT2D eigenvalue weighted by Crippen LogP contribution is 2.25. The van der Waals surface area contributed by atoms with E-state index in [9.17, 15) is 0 Å². The van der Waals surface area contributed by atoms with Crippen molar-refractivity contribution < 1.29 is 0 Å². The molecule has 0 fully saturated rings. The lowest BCUT2D eigenvalue weighted by Gasteiger charge is -2.12. The van der Waals surface area contributed by atoms with Crippen molar-refractivity contribution >= 4 is 16.7 Å². The lowest BCUT2D eigenvalue weighted by molar-refractivity contribution is 1.08. The number of fused-ring (bicyclic) bond motifs is 1. The number of pyridine rings is 1. The smallest absolute Gasteiger partial charge is 0.129 e. The fourth-order valence-electron chi connectivity index (χ4n) is 2.12. The van der Waals surface area contributed by atoms with Gasteiger partial charge in [-0.1, -0.05) is 19.1 Å². The third-order valence-corrected chi connectivity index (χ3v) is 3.32. The molecule has 0 saturated heterocycles. The quantitative estimate of drug-likeness (QED) is 0.863. The summed E-state index contributed by atoms with van der Waals surface area (Å²) in [5.74, 6) is 1.04. The minimum atomic E-state index is 0.913. The minimum Gasteiger partial charge on any atom is -0.370 e. The maximum atomic E-state index is 4.78. The Kier molecular flexibility index (Phi) is 3.32. The molecule has 1 N–H and O–H groups in total. The number of nitrogens with one attached hydrogen (secondary N) is 1. The molecule has 1 aromatic carbocycles. The number of hydrogen-bond donors (Lipinski definition) is 1. The van der Waals surface area contributed by atoms with Crippen LogP contribution in [0, 0.1) is 13.8 Å². The molecule has 1 heterocycles. The maximum absolute atomic E-state index is 4.78. The van der Waals surface area contributed by atoms with Crippen LogP contribution >= 0.6 is 0 Å². The molecule has 2 heteroatoms. The van der Waals surface area contributed by atoms with E-state index >= 15 is 0 Å². The van der Waals surface area contributed by atoms with Crippen LogP contribution in [0.3, 0.4) is 0 Å². The van der Waals surface area contributed by atoms with E-state index in [4.69, 9.17) is 4.98 Å². The zero-order valence-corrected chi connectivity index (χ0v) is 11.1. The van der Waals surface area contributed by atoms with Crippen LogP contribution in [0.2, 0.25) is 0 Å². The van der Waals surface area contributed by atoms with Gasteiger partial charge in [-0.2, -0.15) is 0 Å². The molecule has 0 aliphatic rings. The van der Waals surface area contributed by atoms with E-state index in [1.54, 1.807) is 0 Å². The van der Waals surface area contributed by atoms with Crippen LogP contribution in [0.4, 0.5) is 5.82 Å². The first-order chi connectivity index (χ1) is 8.17. The number of anilines is 1. The number of aromatic nitrogens is 1. The molecule has 0 amide bonds. The maximum Gasteiger partial charge on any atom is 0.129 e. The predicted molar refractivity (Wildman–Crippen MR) is 74.8 cm³/mol. The van der Waals surface area contributed by atoms with Gasteiger partial charge in [0.05, 0.1) is 5.52 Å². The monoisotopic (exact) mass is 228 g/mol. The number of benzene rings is 1. The summed E-state index contributed by atoms with van der Waals surface area (Å²) in [6.07, 6.45) is 1.01.